The zero-order valence-corrected chi connectivity index (χ0v) is 15.7. The van der Waals surface area contributed by atoms with Gasteiger partial charge in [0.1, 0.15) is 0 Å². The van der Waals surface area contributed by atoms with Crippen molar-refractivity contribution in [2.24, 2.45) is 11.3 Å². The fraction of sp³-hybridized carbons (Fsp3) is 1.00. The number of rotatable bonds is 5. The Hall–Kier alpha value is 0.290. The van der Waals surface area contributed by atoms with Crippen LogP contribution in [0.5, 0.6) is 0 Å². The highest BCUT2D eigenvalue weighted by atomic mass is 32.2. The first-order valence-electron chi connectivity index (χ1n) is 7.49. The molecule has 2 unspecified atom stereocenters. The van der Waals surface area contributed by atoms with E-state index in [1.54, 1.807) is 4.67 Å². The van der Waals surface area contributed by atoms with Crippen LogP contribution in [0.15, 0.2) is 0 Å². The first-order valence-corrected chi connectivity index (χ1v) is 10.4. The van der Waals surface area contributed by atoms with Crippen molar-refractivity contribution in [2.45, 2.75) is 51.7 Å². The van der Waals surface area contributed by atoms with Crippen molar-refractivity contribution in [3.8, 4) is 0 Å². The maximum atomic E-state index is 13.3. The molecule has 1 rings (SSSR count). The average molecular weight is 361 g/mol. The van der Waals surface area contributed by atoms with Crippen LogP contribution in [0.3, 0.4) is 0 Å². The molecule has 0 saturated carbocycles. The number of thioether (sulfide) groups is 1. The monoisotopic (exact) mass is 361 g/mol. The number of hydrogen-bond donors (Lipinski definition) is 0. The van der Waals surface area contributed by atoms with Gasteiger partial charge in [0.2, 0.25) is 0 Å². The van der Waals surface area contributed by atoms with Crippen molar-refractivity contribution in [2.75, 3.05) is 26.0 Å². The van der Waals surface area contributed by atoms with E-state index in [0.717, 1.165) is 0 Å². The van der Waals surface area contributed by atoms with E-state index in [9.17, 15) is 17.7 Å². The standard InChI is InChI=1S/C14H27F3NO2PS/c1-11(22-5)21(19,20-10-13(2,3)4)18-8-6-12(7-9-18)14(15,16)17/h11-12H,6-10H2,1-5H3. The largest absolute Gasteiger partial charge is 0.391 e. The maximum Gasteiger partial charge on any atom is 0.391 e. The van der Waals surface area contributed by atoms with E-state index in [-0.39, 0.29) is 36.3 Å². The summed E-state index contributed by atoms with van der Waals surface area (Å²) >= 11 is 1.43. The summed E-state index contributed by atoms with van der Waals surface area (Å²) in [5.74, 6) is -1.29. The quantitative estimate of drug-likeness (QED) is 0.628. The summed E-state index contributed by atoms with van der Waals surface area (Å²) in [6.07, 6.45) is -2.32. The van der Waals surface area contributed by atoms with Crippen LogP contribution >= 0.6 is 19.3 Å². The molecule has 22 heavy (non-hydrogen) atoms. The number of halogens is 3. The molecular formula is C14H27F3NO2PS. The molecule has 0 aliphatic carbocycles. The van der Waals surface area contributed by atoms with Crippen molar-refractivity contribution in [3.05, 3.63) is 0 Å². The number of nitrogens with zero attached hydrogens (tertiary/aromatic N) is 1. The predicted molar refractivity (Wildman–Crippen MR) is 86.3 cm³/mol. The van der Waals surface area contributed by atoms with Gasteiger partial charge in [-0.1, -0.05) is 20.8 Å². The van der Waals surface area contributed by atoms with E-state index in [4.69, 9.17) is 4.52 Å². The zero-order valence-electron chi connectivity index (χ0n) is 13.9. The van der Waals surface area contributed by atoms with Gasteiger partial charge >= 0.3 is 6.18 Å². The van der Waals surface area contributed by atoms with E-state index in [2.05, 4.69) is 0 Å². The molecule has 1 saturated heterocycles. The lowest BCUT2D eigenvalue weighted by atomic mass is 9.98. The molecule has 0 aromatic heterocycles. The highest BCUT2D eigenvalue weighted by molar-refractivity contribution is 8.05. The number of piperidine rings is 1. The summed E-state index contributed by atoms with van der Waals surface area (Å²) in [4.78, 5) is -0.253. The van der Waals surface area contributed by atoms with Gasteiger partial charge in [0.05, 0.1) is 17.5 Å². The predicted octanol–water partition coefficient (Wildman–Crippen LogP) is 5.23. The molecule has 0 radical (unpaired) electrons. The molecule has 0 spiro atoms. The van der Waals surface area contributed by atoms with E-state index < -0.39 is 19.6 Å². The third kappa shape index (κ3) is 5.43. The van der Waals surface area contributed by atoms with Crippen molar-refractivity contribution in [1.82, 2.24) is 4.67 Å². The first kappa shape index (κ1) is 20.3. The highest BCUT2D eigenvalue weighted by Crippen LogP contribution is 2.60. The molecule has 0 aromatic carbocycles. The summed E-state index contributed by atoms with van der Waals surface area (Å²) < 4.78 is 59.1. The number of hydrogen-bond acceptors (Lipinski definition) is 3. The topological polar surface area (TPSA) is 29.5 Å². The SMILES string of the molecule is CSC(C)P(=O)(OCC(C)(C)C)N1CCC(C(F)(F)F)CC1. The molecule has 8 heteroatoms. The Bertz CT molecular complexity index is 404. The van der Waals surface area contributed by atoms with Crippen LogP contribution in [0, 0.1) is 11.3 Å². The molecular weight excluding hydrogens is 334 g/mol. The van der Waals surface area contributed by atoms with Gasteiger partial charge in [0, 0.05) is 13.1 Å². The van der Waals surface area contributed by atoms with Crippen molar-refractivity contribution >= 4 is 19.3 Å². The fourth-order valence-corrected chi connectivity index (χ4v) is 6.15. The third-order valence-corrected chi connectivity index (χ3v) is 8.53. The third-order valence-electron chi connectivity index (χ3n) is 3.81. The maximum absolute atomic E-state index is 13.3. The lowest BCUT2D eigenvalue weighted by molar-refractivity contribution is -0.183. The van der Waals surface area contributed by atoms with Gasteiger partial charge in [0.15, 0.2) is 0 Å². The summed E-state index contributed by atoms with van der Waals surface area (Å²) in [6, 6.07) is 0. The Morgan fingerprint density at radius 2 is 1.77 bits per heavy atom. The second-order valence-corrected chi connectivity index (χ2v) is 11.3. The first-order chi connectivity index (χ1) is 9.90. The molecule has 0 bridgehead atoms. The Labute approximate surface area is 135 Å². The van der Waals surface area contributed by atoms with Crippen LogP contribution < -0.4 is 0 Å². The Kier molecular flexibility index (Phi) is 6.89. The van der Waals surface area contributed by atoms with Crippen molar-refractivity contribution < 1.29 is 22.3 Å². The molecule has 1 heterocycles. The van der Waals surface area contributed by atoms with Crippen LogP contribution in [0.2, 0.25) is 0 Å². The minimum Gasteiger partial charge on any atom is -0.316 e. The van der Waals surface area contributed by atoms with Crippen molar-refractivity contribution in [1.29, 1.82) is 0 Å². The fourth-order valence-electron chi connectivity index (χ4n) is 2.31. The summed E-state index contributed by atoms with van der Waals surface area (Å²) in [6.45, 7) is 8.45. The van der Waals surface area contributed by atoms with Crippen LogP contribution in [0.1, 0.15) is 40.5 Å². The molecule has 1 aliphatic rings. The van der Waals surface area contributed by atoms with Crippen molar-refractivity contribution in [3.63, 3.8) is 0 Å². The Morgan fingerprint density at radius 1 is 1.27 bits per heavy atom. The zero-order chi connectivity index (χ0) is 17.2. The molecule has 0 N–H and O–H groups in total. The molecule has 3 nitrogen and oxygen atoms in total. The van der Waals surface area contributed by atoms with Crippen LogP contribution in [0.4, 0.5) is 13.2 Å². The lowest BCUT2D eigenvalue weighted by Gasteiger charge is -2.40. The van der Waals surface area contributed by atoms with Crippen LogP contribution in [-0.4, -0.2) is 41.8 Å². The molecule has 1 fully saturated rings. The molecule has 2 atom stereocenters. The molecule has 132 valence electrons. The molecule has 0 amide bonds. The van der Waals surface area contributed by atoms with Gasteiger partial charge in [-0.3, -0.25) is 4.57 Å². The highest BCUT2D eigenvalue weighted by Gasteiger charge is 2.46. The van der Waals surface area contributed by atoms with Gasteiger partial charge in [-0.2, -0.15) is 24.9 Å². The van der Waals surface area contributed by atoms with Crippen LogP contribution in [-0.2, 0) is 9.09 Å². The van der Waals surface area contributed by atoms with E-state index in [1.165, 1.54) is 11.8 Å². The summed E-state index contributed by atoms with van der Waals surface area (Å²) in [5.41, 5.74) is -0.141. The van der Waals surface area contributed by atoms with Gasteiger partial charge < -0.3 is 4.52 Å². The minimum atomic E-state index is -4.16. The second kappa shape index (κ2) is 7.45. The minimum absolute atomic E-state index is 0.00648. The normalized spacial score (nSPS) is 23.3. The second-order valence-electron chi connectivity index (χ2n) is 7.00. The number of alkyl halides is 3. The van der Waals surface area contributed by atoms with E-state index >= 15 is 0 Å². The summed E-state index contributed by atoms with van der Waals surface area (Å²) in [7, 11) is -3.13. The van der Waals surface area contributed by atoms with Crippen LogP contribution in [0.25, 0.3) is 0 Å². The van der Waals surface area contributed by atoms with E-state index in [0.29, 0.717) is 6.61 Å². The lowest BCUT2D eigenvalue weighted by Crippen LogP contribution is -2.39. The molecule has 1 aliphatic heterocycles. The Balaban J connectivity index is 2.80. The Morgan fingerprint density at radius 3 is 2.14 bits per heavy atom. The smallest absolute Gasteiger partial charge is 0.316 e. The molecule has 0 aromatic rings. The average Bonchev–Trinajstić information content (AvgIpc) is 2.42. The van der Waals surface area contributed by atoms with Gasteiger partial charge in [-0.15, -0.1) is 0 Å². The van der Waals surface area contributed by atoms with Gasteiger partial charge in [-0.05, 0) is 31.4 Å². The van der Waals surface area contributed by atoms with Gasteiger partial charge in [0.25, 0.3) is 7.52 Å². The van der Waals surface area contributed by atoms with Gasteiger partial charge in [-0.25, -0.2) is 4.67 Å². The summed E-state index contributed by atoms with van der Waals surface area (Å²) in [5, 5.41) is 0. The van der Waals surface area contributed by atoms with E-state index in [1.807, 2.05) is 34.0 Å².